The molecule has 0 atom stereocenters. The topological polar surface area (TPSA) is 41.9 Å². The van der Waals surface area contributed by atoms with E-state index in [9.17, 15) is 4.79 Å². The molecule has 0 amide bonds. The van der Waals surface area contributed by atoms with Crippen LogP contribution in [-0.4, -0.2) is 42.0 Å². The molecule has 2 rings (SSSR count). The van der Waals surface area contributed by atoms with Gasteiger partial charge in [-0.3, -0.25) is 4.79 Å². The average molecular weight is 292 g/mol. The van der Waals surface area contributed by atoms with E-state index in [0.29, 0.717) is 13.0 Å². The first-order valence-corrected chi connectivity index (χ1v) is 7.86. The number of carbonyl (C=O) groups is 1. The van der Waals surface area contributed by atoms with E-state index in [1.807, 2.05) is 30.3 Å². The summed E-state index contributed by atoms with van der Waals surface area (Å²) in [6.45, 7) is 1.63. The summed E-state index contributed by atoms with van der Waals surface area (Å²) >= 11 is 1.77. The van der Waals surface area contributed by atoms with Crippen molar-refractivity contribution in [2.45, 2.75) is 19.3 Å². The number of amidine groups is 1. The molecular formula is C15H20N2O2S. The molecule has 0 unspecified atom stereocenters. The fourth-order valence-corrected chi connectivity index (χ4v) is 3.07. The standard InChI is InChI=1S/C15H20N2O2S/c1-19-14(18)9-11-17-10-5-6-12-20-15(17)16-13-7-3-2-4-8-13/h2-4,7-8H,5-6,9-12H2,1H3. The van der Waals surface area contributed by atoms with Gasteiger partial charge in [-0.2, -0.15) is 0 Å². The maximum atomic E-state index is 11.3. The first-order valence-electron chi connectivity index (χ1n) is 6.88. The smallest absolute Gasteiger partial charge is 0.307 e. The molecule has 0 saturated carbocycles. The van der Waals surface area contributed by atoms with Gasteiger partial charge in [-0.1, -0.05) is 30.0 Å². The molecular weight excluding hydrogens is 272 g/mol. The van der Waals surface area contributed by atoms with Gasteiger partial charge in [0.15, 0.2) is 5.17 Å². The highest BCUT2D eigenvalue weighted by Crippen LogP contribution is 2.22. The molecule has 20 heavy (non-hydrogen) atoms. The minimum Gasteiger partial charge on any atom is -0.469 e. The maximum absolute atomic E-state index is 11.3. The Morgan fingerprint density at radius 1 is 1.35 bits per heavy atom. The van der Waals surface area contributed by atoms with Crippen LogP contribution >= 0.6 is 11.8 Å². The number of esters is 1. The number of methoxy groups -OCH3 is 1. The summed E-state index contributed by atoms with van der Waals surface area (Å²) in [6.07, 6.45) is 2.74. The van der Waals surface area contributed by atoms with Crippen molar-refractivity contribution in [2.24, 2.45) is 4.99 Å². The van der Waals surface area contributed by atoms with Crippen LogP contribution in [-0.2, 0) is 9.53 Å². The number of carbonyl (C=O) groups excluding carboxylic acids is 1. The molecule has 0 aliphatic carbocycles. The largest absolute Gasteiger partial charge is 0.469 e. The first-order chi connectivity index (χ1) is 9.79. The number of rotatable bonds is 4. The van der Waals surface area contributed by atoms with Crippen LogP contribution in [0.15, 0.2) is 35.3 Å². The fraction of sp³-hybridized carbons (Fsp3) is 0.467. The van der Waals surface area contributed by atoms with Gasteiger partial charge in [-0.25, -0.2) is 4.99 Å². The van der Waals surface area contributed by atoms with Gasteiger partial charge in [0.25, 0.3) is 0 Å². The number of para-hydroxylation sites is 1. The highest BCUT2D eigenvalue weighted by molar-refractivity contribution is 8.13. The Kier molecular flexibility index (Phi) is 5.92. The number of benzene rings is 1. The minimum atomic E-state index is -0.168. The summed E-state index contributed by atoms with van der Waals surface area (Å²) in [6, 6.07) is 9.95. The van der Waals surface area contributed by atoms with Gasteiger partial charge < -0.3 is 9.64 Å². The Morgan fingerprint density at radius 3 is 2.90 bits per heavy atom. The average Bonchev–Trinajstić information content (AvgIpc) is 2.71. The van der Waals surface area contributed by atoms with E-state index in [-0.39, 0.29) is 5.97 Å². The maximum Gasteiger partial charge on any atom is 0.307 e. The van der Waals surface area contributed by atoms with Crippen LogP contribution in [0.4, 0.5) is 5.69 Å². The molecule has 1 aromatic carbocycles. The van der Waals surface area contributed by atoms with Crippen molar-refractivity contribution in [1.82, 2.24) is 4.90 Å². The van der Waals surface area contributed by atoms with E-state index in [1.165, 1.54) is 13.5 Å². The second-order valence-corrected chi connectivity index (χ2v) is 5.66. The molecule has 0 radical (unpaired) electrons. The Labute approximate surface area is 124 Å². The zero-order valence-corrected chi connectivity index (χ0v) is 12.6. The third-order valence-electron chi connectivity index (χ3n) is 3.12. The molecule has 1 aliphatic heterocycles. The lowest BCUT2D eigenvalue weighted by Crippen LogP contribution is -2.31. The van der Waals surface area contributed by atoms with Crippen molar-refractivity contribution in [3.63, 3.8) is 0 Å². The van der Waals surface area contributed by atoms with Gasteiger partial charge in [0.1, 0.15) is 0 Å². The predicted octanol–water partition coefficient (Wildman–Crippen LogP) is 3.07. The first kappa shape index (κ1) is 14.9. The molecule has 0 bridgehead atoms. The molecule has 108 valence electrons. The van der Waals surface area contributed by atoms with Crippen LogP contribution in [0.2, 0.25) is 0 Å². The second kappa shape index (κ2) is 7.94. The monoisotopic (exact) mass is 292 g/mol. The minimum absolute atomic E-state index is 0.168. The number of nitrogens with zero attached hydrogens (tertiary/aromatic N) is 2. The molecule has 4 nitrogen and oxygen atoms in total. The quantitative estimate of drug-likeness (QED) is 0.800. The van der Waals surface area contributed by atoms with E-state index in [4.69, 9.17) is 9.73 Å². The van der Waals surface area contributed by atoms with E-state index in [1.54, 1.807) is 11.8 Å². The Hall–Kier alpha value is -1.49. The lowest BCUT2D eigenvalue weighted by atomic mass is 10.3. The molecule has 1 saturated heterocycles. The second-order valence-electron chi connectivity index (χ2n) is 4.60. The van der Waals surface area contributed by atoms with Gasteiger partial charge in [0, 0.05) is 18.8 Å². The third-order valence-corrected chi connectivity index (χ3v) is 4.22. The Bertz CT molecular complexity index is 462. The zero-order chi connectivity index (χ0) is 14.2. The number of aliphatic imine (C=N–C) groups is 1. The molecule has 0 N–H and O–H groups in total. The van der Waals surface area contributed by atoms with Crippen LogP contribution in [0.5, 0.6) is 0 Å². The molecule has 0 aromatic heterocycles. The molecule has 1 fully saturated rings. The summed E-state index contributed by atoms with van der Waals surface area (Å²) in [5.74, 6) is 0.915. The van der Waals surface area contributed by atoms with Gasteiger partial charge >= 0.3 is 5.97 Å². The molecule has 1 heterocycles. The summed E-state index contributed by atoms with van der Waals surface area (Å²) in [7, 11) is 1.43. The fourth-order valence-electron chi connectivity index (χ4n) is 2.01. The third kappa shape index (κ3) is 4.56. The molecule has 5 heteroatoms. The Morgan fingerprint density at radius 2 is 2.15 bits per heavy atom. The predicted molar refractivity (Wildman–Crippen MR) is 83.4 cm³/mol. The summed E-state index contributed by atoms with van der Waals surface area (Å²) < 4.78 is 4.71. The van der Waals surface area contributed by atoms with Crippen molar-refractivity contribution >= 4 is 28.6 Å². The van der Waals surface area contributed by atoms with Crippen molar-refractivity contribution in [3.8, 4) is 0 Å². The zero-order valence-electron chi connectivity index (χ0n) is 11.7. The van der Waals surface area contributed by atoms with Crippen LogP contribution in [0, 0.1) is 0 Å². The van der Waals surface area contributed by atoms with Crippen LogP contribution in [0.1, 0.15) is 19.3 Å². The van der Waals surface area contributed by atoms with Crippen molar-refractivity contribution in [3.05, 3.63) is 30.3 Å². The highest BCUT2D eigenvalue weighted by atomic mass is 32.2. The summed E-state index contributed by atoms with van der Waals surface area (Å²) in [5, 5.41) is 1.01. The van der Waals surface area contributed by atoms with E-state index in [0.717, 1.165) is 29.6 Å². The lowest BCUT2D eigenvalue weighted by Gasteiger charge is -2.22. The number of hydrogen-bond donors (Lipinski definition) is 0. The van der Waals surface area contributed by atoms with Gasteiger partial charge in [-0.05, 0) is 25.0 Å². The lowest BCUT2D eigenvalue weighted by molar-refractivity contribution is -0.140. The van der Waals surface area contributed by atoms with Crippen LogP contribution in [0.25, 0.3) is 0 Å². The van der Waals surface area contributed by atoms with Gasteiger partial charge in [-0.15, -0.1) is 0 Å². The van der Waals surface area contributed by atoms with Crippen molar-refractivity contribution in [2.75, 3.05) is 26.0 Å². The molecule has 1 aromatic rings. The van der Waals surface area contributed by atoms with Crippen molar-refractivity contribution in [1.29, 1.82) is 0 Å². The van der Waals surface area contributed by atoms with E-state index in [2.05, 4.69) is 4.90 Å². The normalized spacial score (nSPS) is 17.9. The number of thioether (sulfide) groups is 1. The Balaban J connectivity index is 2.08. The van der Waals surface area contributed by atoms with Gasteiger partial charge in [0.2, 0.25) is 0 Å². The van der Waals surface area contributed by atoms with Gasteiger partial charge in [0.05, 0.1) is 19.2 Å². The van der Waals surface area contributed by atoms with Crippen molar-refractivity contribution < 1.29 is 9.53 Å². The van der Waals surface area contributed by atoms with Crippen LogP contribution in [0.3, 0.4) is 0 Å². The molecule has 0 spiro atoms. The van der Waals surface area contributed by atoms with E-state index >= 15 is 0 Å². The summed E-state index contributed by atoms with van der Waals surface area (Å²) in [4.78, 5) is 18.2. The summed E-state index contributed by atoms with van der Waals surface area (Å²) in [5.41, 5.74) is 0.958. The SMILES string of the molecule is COC(=O)CCN1CCCCSC1=Nc1ccccc1. The van der Waals surface area contributed by atoms with Crippen LogP contribution < -0.4 is 0 Å². The van der Waals surface area contributed by atoms with E-state index < -0.39 is 0 Å². The molecule has 1 aliphatic rings. The number of ether oxygens (including phenoxy) is 1. The number of hydrogen-bond acceptors (Lipinski definition) is 4. The highest BCUT2D eigenvalue weighted by Gasteiger charge is 2.17.